The monoisotopic (exact) mass is 175 g/mol. The fourth-order valence-corrected chi connectivity index (χ4v) is 2.28. The average molecular weight is 175 g/mol. The van der Waals surface area contributed by atoms with Crippen molar-refractivity contribution in [2.75, 3.05) is 6.54 Å². The largest absolute Gasteiger partial charge is 0.310 e. The minimum atomic E-state index is 0.530. The number of fused-ring (bicyclic) bond motifs is 1. The van der Waals surface area contributed by atoms with Crippen LogP contribution in [0.15, 0.2) is 12.1 Å². The Morgan fingerprint density at radius 2 is 2.08 bits per heavy atom. The van der Waals surface area contributed by atoms with Gasteiger partial charge >= 0.3 is 0 Å². The van der Waals surface area contributed by atoms with Gasteiger partial charge < -0.3 is 5.32 Å². The maximum Gasteiger partial charge on any atom is 0.0294 e. The second-order valence-corrected chi connectivity index (χ2v) is 4.08. The number of rotatable bonds is 0. The summed E-state index contributed by atoms with van der Waals surface area (Å²) in [7, 11) is 0. The molecule has 0 spiro atoms. The number of nitrogens with one attached hydrogen (secondary N) is 1. The fraction of sp³-hybridized carbons (Fsp3) is 0.500. The maximum atomic E-state index is 3.49. The molecular formula is C12H17N. The Hall–Kier alpha value is -0.820. The van der Waals surface area contributed by atoms with E-state index < -0.39 is 0 Å². The minimum Gasteiger partial charge on any atom is -0.310 e. The summed E-state index contributed by atoms with van der Waals surface area (Å²) in [6.45, 7) is 7.77. The van der Waals surface area contributed by atoms with Gasteiger partial charge in [-0.05, 0) is 50.4 Å². The van der Waals surface area contributed by atoms with Crippen molar-refractivity contribution < 1.29 is 0 Å². The van der Waals surface area contributed by atoms with Crippen LogP contribution in [0.1, 0.15) is 35.2 Å². The third-order valence-electron chi connectivity index (χ3n) is 2.94. The predicted octanol–water partition coefficient (Wildman–Crippen LogP) is 2.51. The average Bonchev–Trinajstić information content (AvgIpc) is 2.07. The van der Waals surface area contributed by atoms with Crippen molar-refractivity contribution in [3.05, 3.63) is 34.4 Å². The van der Waals surface area contributed by atoms with Crippen molar-refractivity contribution in [2.24, 2.45) is 0 Å². The first-order chi connectivity index (χ1) is 6.18. The van der Waals surface area contributed by atoms with E-state index in [-0.39, 0.29) is 0 Å². The van der Waals surface area contributed by atoms with E-state index in [0.29, 0.717) is 6.04 Å². The summed E-state index contributed by atoms with van der Waals surface area (Å²) in [4.78, 5) is 0. The summed E-state index contributed by atoms with van der Waals surface area (Å²) in [5, 5.41) is 3.49. The number of hydrogen-bond donors (Lipinski definition) is 1. The molecule has 2 rings (SSSR count). The van der Waals surface area contributed by atoms with E-state index in [4.69, 9.17) is 0 Å². The van der Waals surface area contributed by atoms with Gasteiger partial charge in [-0.25, -0.2) is 0 Å². The number of hydrogen-bond acceptors (Lipinski definition) is 1. The summed E-state index contributed by atoms with van der Waals surface area (Å²) < 4.78 is 0. The molecule has 1 aromatic carbocycles. The Bertz CT molecular complexity index is 328. The zero-order valence-electron chi connectivity index (χ0n) is 8.65. The van der Waals surface area contributed by atoms with E-state index in [9.17, 15) is 0 Å². The molecule has 0 amide bonds. The highest BCUT2D eigenvalue weighted by Crippen LogP contribution is 2.26. The predicted molar refractivity (Wildman–Crippen MR) is 56.0 cm³/mol. The molecule has 1 N–H and O–H groups in total. The third-order valence-corrected chi connectivity index (χ3v) is 2.94. The van der Waals surface area contributed by atoms with Crippen LogP contribution >= 0.6 is 0 Å². The second kappa shape index (κ2) is 3.15. The zero-order valence-corrected chi connectivity index (χ0v) is 8.65. The third kappa shape index (κ3) is 1.49. The molecule has 0 aliphatic carbocycles. The van der Waals surface area contributed by atoms with E-state index in [1.54, 1.807) is 5.56 Å². The molecular weight excluding hydrogens is 158 g/mol. The Morgan fingerprint density at radius 1 is 1.31 bits per heavy atom. The Labute approximate surface area is 80.2 Å². The van der Waals surface area contributed by atoms with E-state index in [1.807, 2.05) is 0 Å². The van der Waals surface area contributed by atoms with Crippen LogP contribution in [-0.2, 0) is 6.42 Å². The molecule has 1 heterocycles. The van der Waals surface area contributed by atoms with Gasteiger partial charge in [-0.2, -0.15) is 0 Å². The molecule has 1 atom stereocenters. The minimum absolute atomic E-state index is 0.530. The molecule has 1 aromatic rings. The fourth-order valence-electron chi connectivity index (χ4n) is 2.28. The molecule has 0 bridgehead atoms. The van der Waals surface area contributed by atoms with Gasteiger partial charge in [0.25, 0.3) is 0 Å². The molecule has 0 fully saturated rings. The lowest BCUT2D eigenvalue weighted by Gasteiger charge is -2.26. The number of aryl methyl sites for hydroxylation is 2. The van der Waals surface area contributed by atoms with Gasteiger partial charge in [-0.1, -0.05) is 17.7 Å². The lowest BCUT2D eigenvalue weighted by atomic mass is 9.90. The first-order valence-electron chi connectivity index (χ1n) is 5.02. The van der Waals surface area contributed by atoms with Crippen molar-refractivity contribution in [3.63, 3.8) is 0 Å². The SMILES string of the molecule is Cc1cc(C)c2c(c1)[C@H](C)NCC2. The Morgan fingerprint density at radius 3 is 2.85 bits per heavy atom. The molecule has 1 nitrogen and oxygen atoms in total. The Kier molecular flexibility index (Phi) is 2.12. The van der Waals surface area contributed by atoms with Gasteiger partial charge in [0.15, 0.2) is 0 Å². The molecule has 0 aromatic heterocycles. The van der Waals surface area contributed by atoms with Crippen LogP contribution in [0.3, 0.4) is 0 Å². The first kappa shape index (κ1) is 8.76. The summed E-state index contributed by atoms with van der Waals surface area (Å²) in [5.74, 6) is 0. The van der Waals surface area contributed by atoms with Crippen molar-refractivity contribution in [3.8, 4) is 0 Å². The molecule has 13 heavy (non-hydrogen) atoms. The van der Waals surface area contributed by atoms with Crippen molar-refractivity contribution >= 4 is 0 Å². The van der Waals surface area contributed by atoms with Crippen LogP contribution in [0.4, 0.5) is 0 Å². The smallest absolute Gasteiger partial charge is 0.0294 e. The van der Waals surface area contributed by atoms with Crippen LogP contribution in [0.25, 0.3) is 0 Å². The van der Waals surface area contributed by atoms with Gasteiger partial charge in [0.2, 0.25) is 0 Å². The van der Waals surface area contributed by atoms with Crippen molar-refractivity contribution in [1.82, 2.24) is 5.32 Å². The molecule has 1 aliphatic heterocycles. The second-order valence-electron chi connectivity index (χ2n) is 4.08. The molecule has 1 heteroatoms. The van der Waals surface area contributed by atoms with E-state index in [1.165, 1.54) is 23.1 Å². The molecule has 0 unspecified atom stereocenters. The van der Waals surface area contributed by atoms with Crippen LogP contribution in [0, 0.1) is 13.8 Å². The topological polar surface area (TPSA) is 12.0 Å². The quantitative estimate of drug-likeness (QED) is 0.639. The summed E-state index contributed by atoms with van der Waals surface area (Å²) in [6.07, 6.45) is 1.19. The van der Waals surface area contributed by atoms with E-state index in [0.717, 1.165) is 6.54 Å². The van der Waals surface area contributed by atoms with Gasteiger partial charge in [-0.15, -0.1) is 0 Å². The van der Waals surface area contributed by atoms with Crippen LogP contribution in [0.5, 0.6) is 0 Å². The number of benzene rings is 1. The van der Waals surface area contributed by atoms with Crippen molar-refractivity contribution in [2.45, 2.75) is 33.2 Å². The maximum absolute atomic E-state index is 3.49. The van der Waals surface area contributed by atoms with Gasteiger partial charge in [0, 0.05) is 6.04 Å². The molecule has 70 valence electrons. The van der Waals surface area contributed by atoms with Gasteiger partial charge in [-0.3, -0.25) is 0 Å². The Balaban J connectivity index is 2.56. The molecule has 0 saturated carbocycles. The molecule has 0 saturated heterocycles. The lowest BCUT2D eigenvalue weighted by Crippen LogP contribution is -2.28. The van der Waals surface area contributed by atoms with Crippen LogP contribution in [-0.4, -0.2) is 6.54 Å². The van der Waals surface area contributed by atoms with Crippen LogP contribution < -0.4 is 5.32 Å². The van der Waals surface area contributed by atoms with E-state index >= 15 is 0 Å². The van der Waals surface area contributed by atoms with Gasteiger partial charge in [0.05, 0.1) is 0 Å². The van der Waals surface area contributed by atoms with Crippen molar-refractivity contribution in [1.29, 1.82) is 0 Å². The lowest BCUT2D eigenvalue weighted by molar-refractivity contribution is 0.539. The normalized spacial score (nSPS) is 21.3. The van der Waals surface area contributed by atoms with E-state index in [2.05, 4.69) is 38.2 Å². The summed E-state index contributed by atoms with van der Waals surface area (Å²) >= 11 is 0. The first-order valence-corrected chi connectivity index (χ1v) is 5.02. The standard InChI is InChI=1S/C12H17N/c1-8-6-9(2)11-4-5-13-10(3)12(11)7-8/h6-7,10,13H,4-5H2,1-3H3/t10-/m0/s1. The van der Waals surface area contributed by atoms with Crippen LogP contribution in [0.2, 0.25) is 0 Å². The highest BCUT2D eigenvalue weighted by atomic mass is 14.9. The summed E-state index contributed by atoms with van der Waals surface area (Å²) in [5.41, 5.74) is 5.91. The highest BCUT2D eigenvalue weighted by Gasteiger charge is 2.16. The summed E-state index contributed by atoms with van der Waals surface area (Å²) in [6, 6.07) is 5.14. The molecule has 0 radical (unpaired) electrons. The van der Waals surface area contributed by atoms with Gasteiger partial charge in [0.1, 0.15) is 0 Å². The zero-order chi connectivity index (χ0) is 9.42. The molecule has 1 aliphatic rings. The highest BCUT2D eigenvalue weighted by molar-refractivity contribution is 5.41.